The zero-order chi connectivity index (χ0) is 16.0. The second-order valence-electron chi connectivity index (χ2n) is 4.97. The molecule has 0 heterocycles. The fraction of sp³-hybridized carbons (Fsp3) is 0.571. The average Bonchev–Trinajstić information content (AvgIpc) is 2.39. The van der Waals surface area contributed by atoms with E-state index in [1.54, 1.807) is 13.8 Å². The summed E-state index contributed by atoms with van der Waals surface area (Å²) in [5.74, 6) is -0.375. The standard InChI is InChI=1S/C14H23FN2O3S/c1-5-16-8-12-7-13(6-10(2)14(12)15)21(18,19)17-11(3)9-20-4/h6-7,11,16-17H,5,8-9H2,1-4H3. The van der Waals surface area contributed by atoms with Crippen molar-refractivity contribution in [1.82, 2.24) is 10.0 Å². The van der Waals surface area contributed by atoms with Crippen LogP contribution in [-0.4, -0.2) is 34.7 Å². The molecule has 21 heavy (non-hydrogen) atoms. The molecule has 0 fully saturated rings. The number of halogens is 1. The normalized spacial score (nSPS) is 13.4. The smallest absolute Gasteiger partial charge is 0.240 e. The first kappa shape index (κ1) is 18.0. The predicted octanol–water partition coefficient (Wildman–Crippen LogP) is 1.56. The summed E-state index contributed by atoms with van der Waals surface area (Å²) in [5.41, 5.74) is 0.654. The maximum absolute atomic E-state index is 14.0. The van der Waals surface area contributed by atoms with E-state index in [9.17, 15) is 12.8 Å². The van der Waals surface area contributed by atoms with Crippen LogP contribution in [0, 0.1) is 12.7 Å². The van der Waals surface area contributed by atoms with Gasteiger partial charge in [-0.2, -0.15) is 0 Å². The van der Waals surface area contributed by atoms with Gasteiger partial charge in [0.1, 0.15) is 5.82 Å². The molecule has 0 aliphatic heterocycles. The summed E-state index contributed by atoms with van der Waals surface area (Å²) < 4.78 is 46.0. The van der Waals surface area contributed by atoms with Crippen molar-refractivity contribution in [3.63, 3.8) is 0 Å². The average molecular weight is 318 g/mol. The Bertz CT molecular complexity index is 576. The third kappa shape index (κ3) is 5.03. The highest BCUT2D eigenvalue weighted by Crippen LogP contribution is 2.19. The highest BCUT2D eigenvalue weighted by Gasteiger charge is 2.20. The SMILES string of the molecule is CCNCc1cc(S(=O)(=O)NC(C)COC)cc(C)c1F. The van der Waals surface area contributed by atoms with Crippen molar-refractivity contribution in [2.75, 3.05) is 20.3 Å². The van der Waals surface area contributed by atoms with Gasteiger partial charge in [0.15, 0.2) is 0 Å². The van der Waals surface area contributed by atoms with Gasteiger partial charge < -0.3 is 10.1 Å². The second-order valence-corrected chi connectivity index (χ2v) is 6.69. The largest absolute Gasteiger partial charge is 0.383 e. The molecule has 0 amide bonds. The zero-order valence-electron chi connectivity index (χ0n) is 12.9. The highest BCUT2D eigenvalue weighted by molar-refractivity contribution is 7.89. The van der Waals surface area contributed by atoms with Crippen molar-refractivity contribution < 1.29 is 17.5 Å². The number of nitrogens with one attached hydrogen (secondary N) is 2. The lowest BCUT2D eigenvalue weighted by molar-refractivity contribution is 0.180. The number of hydrogen-bond donors (Lipinski definition) is 2. The lowest BCUT2D eigenvalue weighted by Crippen LogP contribution is -2.35. The van der Waals surface area contributed by atoms with Crippen LogP contribution in [0.4, 0.5) is 4.39 Å². The highest BCUT2D eigenvalue weighted by atomic mass is 32.2. The molecule has 0 aliphatic carbocycles. The van der Waals surface area contributed by atoms with E-state index in [0.717, 1.165) is 0 Å². The number of benzene rings is 1. The minimum Gasteiger partial charge on any atom is -0.383 e. The van der Waals surface area contributed by atoms with Crippen LogP contribution in [0.5, 0.6) is 0 Å². The molecule has 0 saturated carbocycles. The minimum atomic E-state index is -3.69. The molecule has 1 aromatic carbocycles. The van der Waals surface area contributed by atoms with E-state index >= 15 is 0 Å². The number of methoxy groups -OCH3 is 1. The molecule has 7 heteroatoms. The van der Waals surface area contributed by atoms with Gasteiger partial charge in [-0.1, -0.05) is 6.92 Å². The Hall–Kier alpha value is -1.02. The molecule has 1 aromatic rings. The molecule has 1 unspecified atom stereocenters. The van der Waals surface area contributed by atoms with E-state index in [1.807, 2.05) is 6.92 Å². The zero-order valence-corrected chi connectivity index (χ0v) is 13.7. The molecule has 0 radical (unpaired) electrons. The number of aryl methyl sites for hydroxylation is 1. The van der Waals surface area contributed by atoms with E-state index < -0.39 is 10.0 Å². The first-order chi connectivity index (χ1) is 9.81. The first-order valence-corrected chi connectivity index (χ1v) is 8.31. The summed E-state index contributed by atoms with van der Waals surface area (Å²) in [6, 6.07) is 2.35. The summed E-state index contributed by atoms with van der Waals surface area (Å²) in [7, 11) is -2.19. The van der Waals surface area contributed by atoms with Crippen LogP contribution in [0.15, 0.2) is 17.0 Å². The molecule has 2 N–H and O–H groups in total. The van der Waals surface area contributed by atoms with E-state index in [1.165, 1.54) is 19.2 Å². The molecule has 0 saturated heterocycles. The van der Waals surface area contributed by atoms with Crippen LogP contribution in [0.2, 0.25) is 0 Å². The Kier molecular flexibility index (Phi) is 6.73. The van der Waals surface area contributed by atoms with Gasteiger partial charge in [-0.25, -0.2) is 17.5 Å². The van der Waals surface area contributed by atoms with Gasteiger partial charge in [0.2, 0.25) is 10.0 Å². The summed E-state index contributed by atoms with van der Waals surface area (Å²) in [4.78, 5) is 0.0669. The van der Waals surface area contributed by atoms with Crippen molar-refractivity contribution in [1.29, 1.82) is 0 Å². The maximum atomic E-state index is 14.0. The van der Waals surface area contributed by atoms with E-state index in [0.29, 0.717) is 24.2 Å². The van der Waals surface area contributed by atoms with Crippen LogP contribution >= 0.6 is 0 Å². The molecule has 0 bridgehead atoms. The summed E-state index contributed by atoms with van der Waals surface area (Å²) in [6.07, 6.45) is 0. The van der Waals surface area contributed by atoms with Gasteiger partial charge in [-0.3, -0.25) is 0 Å². The van der Waals surface area contributed by atoms with Gasteiger partial charge >= 0.3 is 0 Å². The van der Waals surface area contributed by atoms with Gasteiger partial charge in [0.05, 0.1) is 11.5 Å². The number of ether oxygens (including phenoxy) is 1. The monoisotopic (exact) mass is 318 g/mol. The van der Waals surface area contributed by atoms with Gasteiger partial charge in [0, 0.05) is 25.3 Å². The van der Waals surface area contributed by atoms with E-state index in [-0.39, 0.29) is 23.4 Å². The fourth-order valence-corrected chi connectivity index (χ4v) is 3.33. The topological polar surface area (TPSA) is 67.4 Å². The summed E-state index contributed by atoms with van der Waals surface area (Å²) in [6.45, 7) is 6.40. The van der Waals surface area contributed by atoms with Crippen LogP contribution in [0.25, 0.3) is 0 Å². The van der Waals surface area contributed by atoms with Crippen LogP contribution < -0.4 is 10.0 Å². The van der Waals surface area contributed by atoms with Gasteiger partial charge in [-0.05, 0) is 38.1 Å². The van der Waals surface area contributed by atoms with E-state index in [2.05, 4.69) is 10.0 Å². The molecular formula is C14H23FN2O3S. The molecule has 0 aromatic heterocycles. The minimum absolute atomic E-state index is 0.0669. The maximum Gasteiger partial charge on any atom is 0.240 e. The molecule has 0 spiro atoms. The van der Waals surface area contributed by atoms with Crippen molar-refractivity contribution in [2.45, 2.75) is 38.3 Å². The Balaban J connectivity index is 3.09. The first-order valence-electron chi connectivity index (χ1n) is 6.82. The van der Waals surface area contributed by atoms with Crippen LogP contribution in [0.1, 0.15) is 25.0 Å². The van der Waals surface area contributed by atoms with Crippen molar-refractivity contribution in [2.24, 2.45) is 0 Å². The Morgan fingerprint density at radius 2 is 2.05 bits per heavy atom. The molecular weight excluding hydrogens is 295 g/mol. The van der Waals surface area contributed by atoms with Crippen molar-refractivity contribution in [3.05, 3.63) is 29.1 Å². The molecule has 1 rings (SSSR count). The van der Waals surface area contributed by atoms with E-state index in [4.69, 9.17) is 4.74 Å². The Morgan fingerprint density at radius 3 is 2.62 bits per heavy atom. The number of rotatable bonds is 8. The molecule has 5 nitrogen and oxygen atoms in total. The van der Waals surface area contributed by atoms with Crippen molar-refractivity contribution in [3.8, 4) is 0 Å². The fourth-order valence-electron chi connectivity index (χ4n) is 1.97. The van der Waals surface area contributed by atoms with Gasteiger partial charge in [-0.15, -0.1) is 0 Å². The lowest BCUT2D eigenvalue weighted by Gasteiger charge is -2.15. The summed E-state index contributed by atoms with van der Waals surface area (Å²) >= 11 is 0. The second kappa shape index (κ2) is 7.84. The number of hydrogen-bond acceptors (Lipinski definition) is 4. The third-order valence-corrected chi connectivity index (χ3v) is 4.52. The molecule has 1 atom stereocenters. The van der Waals surface area contributed by atoms with Crippen molar-refractivity contribution >= 4 is 10.0 Å². The Labute approximate surface area is 125 Å². The quantitative estimate of drug-likeness (QED) is 0.763. The lowest BCUT2D eigenvalue weighted by atomic mass is 10.1. The van der Waals surface area contributed by atoms with Crippen LogP contribution in [0.3, 0.4) is 0 Å². The molecule has 120 valence electrons. The molecule has 0 aliphatic rings. The van der Waals surface area contributed by atoms with Crippen LogP contribution in [-0.2, 0) is 21.3 Å². The van der Waals surface area contributed by atoms with Gasteiger partial charge in [0.25, 0.3) is 0 Å². The Morgan fingerprint density at radius 1 is 1.38 bits per heavy atom. The third-order valence-electron chi connectivity index (χ3n) is 2.95. The summed E-state index contributed by atoms with van der Waals surface area (Å²) in [5, 5.41) is 3.00. The predicted molar refractivity (Wildman–Crippen MR) is 80.2 cm³/mol. The number of sulfonamides is 1.